The van der Waals surface area contributed by atoms with Crippen molar-refractivity contribution in [1.29, 1.82) is 0 Å². The SMILES string of the molecule is CC.CCCC(CCC)CN1CCN(Cc2cc3c(cc2F)N(C)OCC3(C)C)CC1C.CNc1ccn(-c2ccnc(C)c2/C=C(\C)C(C)N2CC=C(c3ccc(C(C)=O)cc3C)CC2)c(=O)c1.[CH2-]CCC(N)=O.[K+].[OH-]. The smallest absolute Gasteiger partial charge is 0.870 e. The van der Waals surface area contributed by atoms with Crippen molar-refractivity contribution in [2.24, 2.45) is 11.7 Å². The van der Waals surface area contributed by atoms with Crippen LogP contribution in [0.25, 0.3) is 17.3 Å². The van der Waals surface area contributed by atoms with Crippen LogP contribution in [0.5, 0.6) is 0 Å². The molecule has 13 nitrogen and oxygen atoms in total. The van der Waals surface area contributed by atoms with Gasteiger partial charge in [0.2, 0.25) is 5.91 Å². The maximum Gasteiger partial charge on any atom is 1.00 e. The van der Waals surface area contributed by atoms with Crippen LogP contribution in [0.3, 0.4) is 0 Å². The fraction of sp³-hybridized carbons (Fsp3) is 0.532. The van der Waals surface area contributed by atoms with E-state index in [9.17, 15) is 18.8 Å². The number of rotatable bonds is 17. The number of hydrogen-bond donors (Lipinski definition) is 2. The van der Waals surface area contributed by atoms with Crippen LogP contribution in [0.2, 0.25) is 0 Å². The number of Topliss-reactive ketones (excluding diaryl/α,β-unsaturated/α-hetero) is 1. The van der Waals surface area contributed by atoms with Crippen LogP contribution in [-0.2, 0) is 21.6 Å². The summed E-state index contributed by atoms with van der Waals surface area (Å²) < 4.78 is 16.6. The summed E-state index contributed by atoms with van der Waals surface area (Å²) in [6.45, 7) is 36.2. The number of pyridine rings is 2. The summed E-state index contributed by atoms with van der Waals surface area (Å²) in [5, 5.41) is 4.72. The Bertz CT molecular complexity index is 2630. The van der Waals surface area contributed by atoms with Crippen LogP contribution in [0, 0.1) is 32.5 Å². The molecule has 3 aliphatic heterocycles. The molecule has 0 bridgehead atoms. The number of hydroxylamine groups is 1. The number of primary amides is 1. The Kier molecular flexibility index (Phi) is 30.3. The molecular weight excluding hydrogens is 995 g/mol. The number of carbonyl (C=O) groups excluding carboxylic acids is 2. The van der Waals surface area contributed by atoms with Crippen molar-refractivity contribution in [3.05, 3.63) is 135 Å². The zero-order valence-electron chi connectivity index (χ0n) is 49.7. The molecule has 420 valence electrons. The Balaban J connectivity index is 0.000000459. The number of aromatic nitrogens is 2. The fourth-order valence-electron chi connectivity index (χ4n) is 10.3. The first-order chi connectivity index (χ1) is 35.7. The van der Waals surface area contributed by atoms with E-state index in [1.807, 2.05) is 52.1 Å². The molecule has 0 saturated carbocycles. The third-order valence-corrected chi connectivity index (χ3v) is 14.8. The van der Waals surface area contributed by atoms with Gasteiger partial charge in [0.05, 0.1) is 18.0 Å². The average molecular weight is 1090 g/mol. The first-order valence-electron chi connectivity index (χ1n) is 27.5. The van der Waals surface area contributed by atoms with Gasteiger partial charge in [0.15, 0.2) is 5.78 Å². The zero-order chi connectivity index (χ0) is 55.6. The third-order valence-electron chi connectivity index (χ3n) is 14.8. The standard InChI is InChI=1S/C31H36N4O2.C25H42FN3O.C4H8NO.C2H6.K.H2O/c1-20(18-29-22(3)33-13-9-30(29)35-16-12-27(32-6)19-31(35)37)23(4)34-14-10-25(11-15-34)28-8-7-26(24(5)36)17-21(28)2;1-7-9-20(10-8-2)16-29-12-11-28(15-19(29)3)17-21-13-22-24(14-23(21)26)27(6)30-18-25(22,4)5;1-2-3-4(5)6;1-2;;/h7-10,12-13,16-19,23,32H,11,14-15H2,1-6H3;13-14,19-20H,7-12,15-18H2,1-6H3;1-3H2,(H2,5,6);1-2H3;;1H2/q;;-1;;+1;/p-1/b20-18+;;;;;. The van der Waals surface area contributed by atoms with Gasteiger partial charge in [-0.3, -0.25) is 48.5 Å². The van der Waals surface area contributed by atoms with Gasteiger partial charge in [-0.1, -0.05) is 84.2 Å². The molecule has 1 fully saturated rings. The second-order valence-corrected chi connectivity index (χ2v) is 21.0. The molecule has 2 unspecified atom stereocenters. The molecule has 3 aliphatic rings. The molecule has 0 radical (unpaired) electrons. The number of amides is 1. The zero-order valence-corrected chi connectivity index (χ0v) is 52.8. The largest absolute Gasteiger partial charge is 1.00 e. The maximum atomic E-state index is 15.0. The second-order valence-electron chi connectivity index (χ2n) is 21.0. The number of benzene rings is 2. The molecule has 1 saturated heterocycles. The first kappa shape index (κ1) is 69.2. The molecule has 0 aliphatic carbocycles. The molecule has 77 heavy (non-hydrogen) atoms. The minimum Gasteiger partial charge on any atom is -0.870 e. The van der Waals surface area contributed by atoms with E-state index in [-0.39, 0.29) is 91.4 Å². The molecule has 2 atom stereocenters. The van der Waals surface area contributed by atoms with Crippen molar-refractivity contribution in [3.63, 3.8) is 0 Å². The van der Waals surface area contributed by atoms with Gasteiger partial charge in [-0.2, -0.15) is 6.42 Å². The van der Waals surface area contributed by atoms with E-state index >= 15 is 0 Å². The molecule has 15 heteroatoms. The minimum absolute atomic E-state index is 0. The van der Waals surface area contributed by atoms with Crippen LogP contribution in [0.1, 0.15) is 158 Å². The van der Waals surface area contributed by atoms with Crippen LogP contribution < -0.4 is 73.1 Å². The van der Waals surface area contributed by atoms with Gasteiger partial charge in [0.25, 0.3) is 5.56 Å². The molecule has 7 rings (SSSR count). The van der Waals surface area contributed by atoms with E-state index in [1.165, 1.54) is 54.5 Å². The van der Waals surface area contributed by atoms with E-state index in [4.69, 9.17) is 10.6 Å². The van der Waals surface area contributed by atoms with Crippen molar-refractivity contribution >= 4 is 34.7 Å². The Morgan fingerprint density at radius 2 is 1.70 bits per heavy atom. The molecule has 4 aromatic rings. The van der Waals surface area contributed by atoms with Crippen molar-refractivity contribution in [3.8, 4) is 5.69 Å². The van der Waals surface area contributed by atoms with Crippen molar-refractivity contribution < 1.29 is 75.7 Å². The van der Waals surface area contributed by atoms with E-state index in [2.05, 4.69) is 112 Å². The van der Waals surface area contributed by atoms with Gasteiger partial charge in [0.1, 0.15) is 5.82 Å². The number of aryl methyl sites for hydroxylation is 2. The van der Waals surface area contributed by atoms with Gasteiger partial charge in [-0.25, -0.2) is 4.39 Å². The monoisotopic (exact) mass is 1090 g/mol. The van der Waals surface area contributed by atoms with Gasteiger partial charge < -0.3 is 23.5 Å². The molecule has 1 amide bonds. The summed E-state index contributed by atoms with van der Waals surface area (Å²) in [4.78, 5) is 52.1. The summed E-state index contributed by atoms with van der Waals surface area (Å²) in [7, 11) is 3.66. The predicted molar refractivity (Wildman–Crippen MR) is 313 cm³/mol. The van der Waals surface area contributed by atoms with Gasteiger partial charge in [-0.15, -0.1) is 0 Å². The van der Waals surface area contributed by atoms with Crippen molar-refractivity contribution in [1.82, 2.24) is 24.3 Å². The maximum absolute atomic E-state index is 15.0. The number of ketones is 1. The number of halogens is 1. The Morgan fingerprint density at radius 1 is 1.01 bits per heavy atom. The van der Waals surface area contributed by atoms with Gasteiger partial charge in [0, 0.05) is 130 Å². The summed E-state index contributed by atoms with van der Waals surface area (Å²) in [6, 6.07) is 15.9. The van der Waals surface area contributed by atoms with Gasteiger partial charge in [-0.05, 0) is 120 Å². The Hall–Kier alpha value is -3.87. The Morgan fingerprint density at radius 3 is 2.25 bits per heavy atom. The van der Waals surface area contributed by atoms with Crippen LogP contribution >= 0.6 is 0 Å². The van der Waals surface area contributed by atoms with Gasteiger partial charge >= 0.3 is 51.4 Å². The average Bonchev–Trinajstić information content (AvgIpc) is 3.38. The van der Waals surface area contributed by atoms with E-state index in [1.54, 1.807) is 48.1 Å². The summed E-state index contributed by atoms with van der Waals surface area (Å²) in [5.74, 6) is 0.517. The summed E-state index contributed by atoms with van der Waals surface area (Å²) in [6.07, 6.45) is 15.2. The molecule has 2 aromatic heterocycles. The van der Waals surface area contributed by atoms with Crippen LogP contribution in [0.4, 0.5) is 15.8 Å². The summed E-state index contributed by atoms with van der Waals surface area (Å²) >= 11 is 0. The quantitative estimate of drug-likeness (QED) is 0.0591. The number of nitrogens with zero attached hydrogens (tertiary/aromatic N) is 6. The minimum atomic E-state index is -0.273. The van der Waals surface area contributed by atoms with Crippen molar-refractivity contribution in [2.75, 3.05) is 70.4 Å². The number of hydrogen-bond acceptors (Lipinski definition) is 11. The molecule has 0 spiro atoms. The number of anilines is 2. The fourth-order valence-corrected chi connectivity index (χ4v) is 10.3. The topological polar surface area (TPSA) is 159 Å². The molecule has 5 heterocycles. The summed E-state index contributed by atoms with van der Waals surface area (Å²) in [5.41, 5.74) is 16.5. The molecular formula is C62H93FKN8O5-. The number of nitrogens with one attached hydrogen (secondary N) is 1. The normalized spacial score (nSPS) is 16.8. The molecule has 4 N–H and O–H groups in total. The predicted octanol–water partition coefficient (Wildman–Crippen LogP) is 8.82. The number of piperazine rings is 1. The third kappa shape index (κ3) is 19.7. The second kappa shape index (κ2) is 33.7. The van der Waals surface area contributed by atoms with Crippen LogP contribution in [0.15, 0.2) is 77.4 Å². The first-order valence-corrected chi connectivity index (χ1v) is 27.5. The Labute approximate surface area is 505 Å². The molecule has 2 aromatic carbocycles. The van der Waals surface area contributed by atoms with E-state index < -0.39 is 0 Å². The van der Waals surface area contributed by atoms with E-state index in [0.29, 0.717) is 32.0 Å². The number of nitrogens with two attached hydrogens (primary N) is 1. The van der Waals surface area contributed by atoms with Crippen molar-refractivity contribution in [2.45, 2.75) is 152 Å². The van der Waals surface area contributed by atoms with E-state index in [0.717, 1.165) is 90.1 Å². The van der Waals surface area contributed by atoms with Crippen LogP contribution in [-0.4, -0.2) is 113 Å². The number of carbonyl (C=O) groups is 2. The number of fused-ring (bicyclic) bond motifs is 1.